The van der Waals surface area contributed by atoms with Gasteiger partial charge in [-0.15, -0.1) is 0 Å². The molecule has 2 N–H and O–H groups in total. The van der Waals surface area contributed by atoms with E-state index in [1.54, 1.807) is 0 Å². The van der Waals surface area contributed by atoms with Crippen molar-refractivity contribution in [2.45, 2.75) is 18.9 Å². The number of nitrogens with zero attached hydrogens (tertiary/aromatic N) is 2. The molecule has 1 aliphatic heterocycles. The van der Waals surface area contributed by atoms with Crippen molar-refractivity contribution in [1.29, 1.82) is 0 Å². The topological polar surface area (TPSA) is 49.6 Å². The van der Waals surface area contributed by atoms with Crippen LogP contribution in [0, 0.1) is 0 Å². The Labute approximate surface area is 79.7 Å². The van der Waals surface area contributed by atoms with E-state index in [1.165, 1.54) is 0 Å². The summed E-state index contributed by atoms with van der Waals surface area (Å²) in [5.74, 6) is 0.119. The fraction of sp³-hybridized carbons (Fsp3) is 0.889. The number of hydrogen-bond acceptors (Lipinski definition) is 3. The zero-order chi connectivity index (χ0) is 9.84. The van der Waals surface area contributed by atoms with Crippen molar-refractivity contribution in [2.24, 2.45) is 5.73 Å². The standard InChI is InChI=1S/C9H19N3O/c1-11(2)6-7-12-5-3-4-8(10)9(12)13/h8H,3-7,10H2,1-2H3/t8-/m1/s1. The summed E-state index contributed by atoms with van der Waals surface area (Å²) in [5, 5.41) is 0. The molecule has 0 aromatic rings. The molecule has 0 bridgehead atoms. The number of likely N-dealkylation sites (tertiary alicyclic amines) is 1. The van der Waals surface area contributed by atoms with E-state index in [-0.39, 0.29) is 11.9 Å². The lowest BCUT2D eigenvalue weighted by Gasteiger charge is -2.31. The van der Waals surface area contributed by atoms with Gasteiger partial charge < -0.3 is 15.5 Å². The Morgan fingerprint density at radius 3 is 2.92 bits per heavy atom. The number of nitrogens with two attached hydrogens (primary N) is 1. The number of likely N-dealkylation sites (N-methyl/N-ethyl adjacent to an activating group) is 1. The molecular formula is C9H19N3O. The molecule has 4 nitrogen and oxygen atoms in total. The Balaban J connectivity index is 2.35. The molecule has 0 aromatic heterocycles. The van der Waals surface area contributed by atoms with E-state index in [0.717, 1.165) is 32.5 Å². The van der Waals surface area contributed by atoms with Gasteiger partial charge in [0.05, 0.1) is 6.04 Å². The quantitative estimate of drug-likeness (QED) is 0.645. The average molecular weight is 185 g/mol. The second-order valence-corrected chi connectivity index (χ2v) is 3.88. The predicted octanol–water partition coefficient (Wildman–Crippen LogP) is -0.502. The first kappa shape index (κ1) is 10.5. The molecule has 1 amide bonds. The van der Waals surface area contributed by atoms with Gasteiger partial charge in [-0.3, -0.25) is 4.79 Å². The van der Waals surface area contributed by atoms with Gasteiger partial charge in [-0.1, -0.05) is 0 Å². The van der Waals surface area contributed by atoms with Gasteiger partial charge in [0.1, 0.15) is 0 Å². The summed E-state index contributed by atoms with van der Waals surface area (Å²) < 4.78 is 0. The fourth-order valence-corrected chi connectivity index (χ4v) is 1.51. The molecule has 76 valence electrons. The number of amides is 1. The van der Waals surface area contributed by atoms with Gasteiger partial charge in [0.2, 0.25) is 5.91 Å². The van der Waals surface area contributed by atoms with Gasteiger partial charge >= 0.3 is 0 Å². The van der Waals surface area contributed by atoms with Crippen LogP contribution in [0.1, 0.15) is 12.8 Å². The third-order valence-electron chi connectivity index (χ3n) is 2.39. The smallest absolute Gasteiger partial charge is 0.239 e. The van der Waals surface area contributed by atoms with Crippen molar-refractivity contribution >= 4 is 5.91 Å². The van der Waals surface area contributed by atoms with Crippen LogP contribution in [-0.2, 0) is 4.79 Å². The van der Waals surface area contributed by atoms with E-state index in [2.05, 4.69) is 4.90 Å². The first-order valence-corrected chi connectivity index (χ1v) is 4.80. The molecule has 0 aliphatic carbocycles. The van der Waals surface area contributed by atoms with Crippen LogP contribution in [0.15, 0.2) is 0 Å². The lowest BCUT2D eigenvalue weighted by molar-refractivity contribution is -0.135. The molecular weight excluding hydrogens is 166 g/mol. The molecule has 1 aliphatic rings. The van der Waals surface area contributed by atoms with E-state index in [0.29, 0.717) is 0 Å². The van der Waals surface area contributed by atoms with E-state index in [9.17, 15) is 4.79 Å². The van der Waals surface area contributed by atoms with Crippen LogP contribution >= 0.6 is 0 Å². The Morgan fingerprint density at radius 2 is 2.31 bits per heavy atom. The Morgan fingerprint density at radius 1 is 1.62 bits per heavy atom. The minimum absolute atomic E-state index is 0.119. The molecule has 1 saturated heterocycles. The molecule has 1 rings (SSSR count). The number of carbonyl (C=O) groups excluding carboxylic acids is 1. The monoisotopic (exact) mass is 185 g/mol. The molecule has 0 radical (unpaired) electrons. The van der Waals surface area contributed by atoms with Gasteiger partial charge in [0, 0.05) is 19.6 Å². The van der Waals surface area contributed by atoms with Crippen molar-refractivity contribution in [3.8, 4) is 0 Å². The fourth-order valence-electron chi connectivity index (χ4n) is 1.51. The van der Waals surface area contributed by atoms with Gasteiger partial charge in [0.15, 0.2) is 0 Å². The van der Waals surface area contributed by atoms with Crippen LogP contribution in [0.3, 0.4) is 0 Å². The summed E-state index contributed by atoms with van der Waals surface area (Å²) in [7, 11) is 4.02. The summed E-state index contributed by atoms with van der Waals surface area (Å²) in [6.45, 7) is 2.60. The van der Waals surface area contributed by atoms with Crippen molar-refractivity contribution in [2.75, 3.05) is 33.7 Å². The average Bonchev–Trinajstić information content (AvgIpc) is 2.07. The largest absolute Gasteiger partial charge is 0.340 e. The van der Waals surface area contributed by atoms with Crippen LogP contribution in [0.2, 0.25) is 0 Å². The molecule has 0 aromatic carbocycles. The van der Waals surface area contributed by atoms with E-state index in [1.807, 2.05) is 19.0 Å². The Kier molecular flexibility index (Phi) is 3.69. The molecule has 0 saturated carbocycles. The molecule has 1 heterocycles. The lowest BCUT2D eigenvalue weighted by Crippen LogP contribution is -2.49. The van der Waals surface area contributed by atoms with Crippen LogP contribution in [0.5, 0.6) is 0 Å². The zero-order valence-electron chi connectivity index (χ0n) is 8.49. The maximum absolute atomic E-state index is 11.5. The van der Waals surface area contributed by atoms with E-state index < -0.39 is 0 Å². The second-order valence-electron chi connectivity index (χ2n) is 3.88. The highest BCUT2D eigenvalue weighted by Gasteiger charge is 2.24. The summed E-state index contributed by atoms with van der Waals surface area (Å²) in [4.78, 5) is 15.5. The summed E-state index contributed by atoms with van der Waals surface area (Å²) >= 11 is 0. The van der Waals surface area contributed by atoms with Crippen molar-refractivity contribution in [3.05, 3.63) is 0 Å². The van der Waals surface area contributed by atoms with Gasteiger partial charge in [-0.2, -0.15) is 0 Å². The number of piperidine rings is 1. The molecule has 0 unspecified atom stereocenters. The maximum Gasteiger partial charge on any atom is 0.239 e. The highest BCUT2D eigenvalue weighted by Crippen LogP contribution is 2.09. The number of rotatable bonds is 3. The van der Waals surface area contributed by atoms with Crippen LogP contribution in [0.4, 0.5) is 0 Å². The van der Waals surface area contributed by atoms with Crippen LogP contribution < -0.4 is 5.73 Å². The third kappa shape index (κ3) is 2.97. The normalized spacial score (nSPS) is 24.2. The zero-order valence-corrected chi connectivity index (χ0v) is 8.49. The molecule has 1 fully saturated rings. The Hall–Kier alpha value is -0.610. The minimum Gasteiger partial charge on any atom is -0.340 e. The minimum atomic E-state index is -0.254. The second kappa shape index (κ2) is 4.58. The molecule has 0 spiro atoms. The lowest BCUT2D eigenvalue weighted by atomic mass is 10.1. The highest BCUT2D eigenvalue weighted by molar-refractivity contribution is 5.82. The Bertz CT molecular complexity index is 182. The van der Waals surface area contributed by atoms with Gasteiger partial charge in [0.25, 0.3) is 0 Å². The third-order valence-corrected chi connectivity index (χ3v) is 2.39. The summed E-state index contributed by atoms with van der Waals surface area (Å²) in [6.07, 6.45) is 1.89. The first-order valence-electron chi connectivity index (χ1n) is 4.80. The maximum atomic E-state index is 11.5. The molecule has 4 heteroatoms. The van der Waals surface area contributed by atoms with Crippen molar-refractivity contribution in [3.63, 3.8) is 0 Å². The van der Waals surface area contributed by atoms with Gasteiger partial charge in [-0.05, 0) is 26.9 Å². The number of hydrogen-bond donors (Lipinski definition) is 1. The van der Waals surface area contributed by atoms with Crippen molar-refractivity contribution < 1.29 is 4.79 Å². The first-order chi connectivity index (χ1) is 6.11. The number of carbonyl (C=O) groups is 1. The van der Waals surface area contributed by atoms with Crippen LogP contribution in [0.25, 0.3) is 0 Å². The molecule has 13 heavy (non-hydrogen) atoms. The predicted molar refractivity (Wildman–Crippen MR) is 52.3 cm³/mol. The SMILES string of the molecule is CN(C)CCN1CCC[C@@H](N)C1=O. The van der Waals surface area contributed by atoms with E-state index >= 15 is 0 Å². The van der Waals surface area contributed by atoms with E-state index in [4.69, 9.17) is 5.73 Å². The summed E-state index contributed by atoms with van der Waals surface area (Å²) in [6, 6.07) is -0.254. The van der Waals surface area contributed by atoms with Crippen molar-refractivity contribution in [1.82, 2.24) is 9.80 Å². The summed E-state index contributed by atoms with van der Waals surface area (Å²) in [5.41, 5.74) is 5.67. The highest BCUT2D eigenvalue weighted by atomic mass is 16.2. The van der Waals surface area contributed by atoms with Crippen LogP contribution in [-0.4, -0.2) is 55.5 Å². The molecule has 1 atom stereocenters. The van der Waals surface area contributed by atoms with Gasteiger partial charge in [-0.25, -0.2) is 0 Å².